The number of ether oxygens (including phenoxy) is 1. The van der Waals surface area contributed by atoms with Crippen molar-refractivity contribution in [1.82, 2.24) is 9.47 Å². The summed E-state index contributed by atoms with van der Waals surface area (Å²) in [6.07, 6.45) is 3.51. The lowest BCUT2D eigenvalue weighted by Gasteiger charge is -2.27. The molecule has 0 bridgehead atoms. The fourth-order valence-electron chi connectivity index (χ4n) is 3.58. The number of para-hydroxylation sites is 1. The number of likely N-dealkylation sites (tertiary alicyclic amines) is 1. The van der Waals surface area contributed by atoms with Gasteiger partial charge in [-0.15, -0.1) is 0 Å². The van der Waals surface area contributed by atoms with Crippen LogP contribution in [0.15, 0.2) is 60.8 Å². The minimum atomic E-state index is 0.0338. The van der Waals surface area contributed by atoms with Crippen LogP contribution in [-0.2, 0) is 11.3 Å². The molecule has 1 atom stereocenters. The first-order chi connectivity index (χ1) is 11.8. The monoisotopic (exact) mass is 320 g/mol. The van der Waals surface area contributed by atoms with Crippen LogP contribution in [-0.4, -0.2) is 22.5 Å². The number of carbonyl (C=O) groups excluding carboxylic acids is 1. The molecule has 0 radical (unpaired) electrons. The Morgan fingerprint density at radius 1 is 1.08 bits per heavy atom. The van der Waals surface area contributed by atoms with Gasteiger partial charge in [0, 0.05) is 24.5 Å². The zero-order valence-corrected chi connectivity index (χ0v) is 13.7. The van der Waals surface area contributed by atoms with Gasteiger partial charge in [0.25, 0.3) is 0 Å². The summed E-state index contributed by atoms with van der Waals surface area (Å²) >= 11 is 0. The summed E-state index contributed by atoms with van der Waals surface area (Å²) in [4.78, 5) is 14.4. The average molecular weight is 320 g/mol. The summed E-state index contributed by atoms with van der Waals surface area (Å²) in [5, 5.41) is 1.13. The van der Waals surface area contributed by atoms with Crippen molar-refractivity contribution in [2.24, 2.45) is 0 Å². The van der Waals surface area contributed by atoms with Gasteiger partial charge in [-0.05, 0) is 24.1 Å². The van der Waals surface area contributed by atoms with Crippen molar-refractivity contribution in [2.45, 2.75) is 25.6 Å². The highest BCUT2D eigenvalue weighted by Crippen LogP contribution is 2.36. The lowest BCUT2D eigenvalue weighted by molar-refractivity contribution is -0.130. The molecular weight excluding hydrogens is 300 g/mol. The highest BCUT2D eigenvalue weighted by Gasteiger charge is 2.33. The van der Waals surface area contributed by atoms with Crippen molar-refractivity contribution in [3.05, 3.63) is 66.4 Å². The minimum absolute atomic E-state index is 0.0338. The van der Waals surface area contributed by atoms with Crippen LogP contribution in [0.5, 0.6) is 5.75 Å². The Kier molecular flexibility index (Phi) is 3.73. The van der Waals surface area contributed by atoms with Crippen LogP contribution in [0.2, 0.25) is 0 Å². The van der Waals surface area contributed by atoms with Crippen LogP contribution in [0.4, 0.5) is 0 Å². The van der Waals surface area contributed by atoms with Gasteiger partial charge in [-0.2, -0.15) is 0 Å². The molecular formula is C20H20N2O2. The molecule has 122 valence electrons. The minimum Gasteiger partial charge on any atom is -0.495 e. The predicted molar refractivity (Wildman–Crippen MR) is 93.8 cm³/mol. The summed E-state index contributed by atoms with van der Waals surface area (Å²) in [7, 11) is 1.69. The normalized spacial score (nSPS) is 17.6. The number of methoxy groups -OCH3 is 1. The van der Waals surface area contributed by atoms with E-state index in [1.807, 2.05) is 35.2 Å². The van der Waals surface area contributed by atoms with Crippen LogP contribution in [0, 0.1) is 0 Å². The second kappa shape index (κ2) is 6.04. The van der Waals surface area contributed by atoms with Gasteiger partial charge in [-0.25, -0.2) is 0 Å². The van der Waals surface area contributed by atoms with E-state index >= 15 is 0 Å². The second-order valence-electron chi connectivity index (χ2n) is 6.15. The zero-order valence-electron chi connectivity index (χ0n) is 13.7. The quantitative estimate of drug-likeness (QED) is 0.729. The van der Waals surface area contributed by atoms with Crippen LogP contribution in [0.1, 0.15) is 24.6 Å². The van der Waals surface area contributed by atoms with E-state index in [4.69, 9.17) is 4.74 Å². The van der Waals surface area contributed by atoms with Crippen molar-refractivity contribution in [3.8, 4) is 5.75 Å². The van der Waals surface area contributed by atoms with Crippen molar-refractivity contribution in [3.63, 3.8) is 0 Å². The van der Waals surface area contributed by atoms with E-state index in [1.165, 1.54) is 0 Å². The molecule has 0 spiro atoms. The molecule has 0 aliphatic carbocycles. The Balaban J connectivity index is 1.74. The van der Waals surface area contributed by atoms with E-state index in [2.05, 4.69) is 35.0 Å². The molecule has 1 amide bonds. The van der Waals surface area contributed by atoms with Gasteiger partial charge in [0.05, 0.1) is 12.6 Å². The molecule has 1 fully saturated rings. The van der Waals surface area contributed by atoms with Crippen LogP contribution >= 0.6 is 0 Å². The number of carbonyl (C=O) groups is 1. The molecule has 1 aromatic heterocycles. The first-order valence-electron chi connectivity index (χ1n) is 8.25. The molecule has 4 nitrogen and oxygen atoms in total. The molecule has 1 aliphatic rings. The van der Waals surface area contributed by atoms with Crippen molar-refractivity contribution in [2.75, 3.05) is 7.11 Å². The number of hydrogen-bond acceptors (Lipinski definition) is 2. The standard InChI is InChI=1S/C20H20N2O2/c1-24-17-9-5-8-16-12-13-21(20(16)17)18-10-11-19(23)22(18)14-15-6-3-2-4-7-15/h2-9,12-13,18H,10-11,14H2,1H3/t18-/m0/s1. The van der Waals surface area contributed by atoms with Crippen molar-refractivity contribution in [1.29, 1.82) is 0 Å². The Hall–Kier alpha value is -2.75. The molecule has 4 heteroatoms. The number of aromatic nitrogens is 1. The first-order valence-corrected chi connectivity index (χ1v) is 8.25. The molecule has 0 N–H and O–H groups in total. The fraction of sp³-hybridized carbons (Fsp3) is 0.250. The highest BCUT2D eigenvalue weighted by atomic mass is 16.5. The lowest BCUT2D eigenvalue weighted by atomic mass is 10.2. The van der Waals surface area contributed by atoms with E-state index in [1.54, 1.807) is 7.11 Å². The topological polar surface area (TPSA) is 34.5 Å². The van der Waals surface area contributed by atoms with Gasteiger partial charge in [0.1, 0.15) is 11.9 Å². The Bertz CT molecular complexity index is 870. The van der Waals surface area contributed by atoms with Crippen LogP contribution in [0.3, 0.4) is 0 Å². The predicted octanol–water partition coefficient (Wildman–Crippen LogP) is 3.97. The van der Waals surface area contributed by atoms with Crippen molar-refractivity contribution < 1.29 is 9.53 Å². The van der Waals surface area contributed by atoms with Gasteiger partial charge in [-0.3, -0.25) is 4.79 Å². The Morgan fingerprint density at radius 3 is 2.71 bits per heavy atom. The van der Waals surface area contributed by atoms with Crippen LogP contribution < -0.4 is 4.74 Å². The van der Waals surface area contributed by atoms with E-state index in [-0.39, 0.29) is 12.1 Å². The summed E-state index contributed by atoms with van der Waals surface area (Å²) in [6, 6.07) is 18.3. The summed E-state index contributed by atoms with van der Waals surface area (Å²) < 4.78 is 7.72. The van der Waals surface area contributed by atoms with Crippen LogP contribution in [0.25, 0.3) is 10.9 Å². The molecule has 0 saturated carbocycles. The van der Waals surface area contributed by atoms with Gasteiger partial charge < -0.3 is 14.2 Å². The van der Waals surface area contributed by atoms with Gasteiger partial charge >= 0.3 is 0 Å². The third kappa shape index (κ3) is 2.44. The highest BCUT2D eigenvalue weighted by molar-refractivity contribution is 5.87. The maximum Gasteiger partial charge on any atom is 0.224 e. The summed E-state index contributed by atoms with van der Waals surface area (Å²) in [5.74, 6) is 1.05. The maximum atomic E-state index is 12.5. The third-order valence-electron chi connectivity index (χ3n) is 4.74. The van der Waals surface area contributed by atoms with E-state index in [0.29, 0.717) is 13.0 Å². The largest absolute Gasteiger partial charge is 0.495 e. The fourth-order valence-corrected chi connectivity index (χ4v) is 3.58. The van der Waals surface area contributed by atoms with E-state index in [9.17, 15) is 4.79 Å². The van der Waals surface area contributed by atoms with Gasteiger partial charge in [-0.1, -0.05) is 42.5 Å². The Morgan fingerprint density at radius 2 is 1.92 bits per heavy atom. The molecule has 1 saturated heterocycles. The summed E-state index contributed by atoms with van der Waals surface area (Å²) in [5.41, 5.74) is 2.21. The third-order valence-corrected chi connectivity index (χ3v) is 4.74. The average Bonchev–Trinajstić information content (AvgIpc) is 3.20. The smallest absolute Gasteiger partial charge is 0.224 e. The van der Waals surface area contributed by atoms with Gasteiger partial charge in [0.15, 0.2) is 0 Å². The van der Waals surface area contributed by atoms with Gasteiger partial charge in [0.2, 0.25) is 5.91 Å². The second-order valence-corrected chi connectivity index (χ2v) is 6.15. The summed E-state index contributed by atoms with van der Waals surface area (Å²) in [6.45, 7) is 0.638. The number of hydrogen-bond donors (Lipinski definition) is 0. The maximum absolute atomic E-state index is 12.5. The molecule has 2 aromatic carbocycles. The SMILES string of the molecule is COc1cccc2ccn([C@@H]3CCC(=O)N3Cc3ccccc3)c12. The van der Waals surface area contributed by atoms with E-state index in [0.717, 1.165) is 28.6 Å². The lowest BCUT2D eigenvalue weighted by Crippen LogP contribution is -2.30. The zero-order chi connectivity index (χ0) is 16.5. The number of fused-ring (bicyclic) bond motifs is 1. The van der Waals surface area contributed by atoms with E-state index < -0.39 is 0 Å². The molecule has 3 aromatic rings. The molecule has 2 heterocycles. The molecule has 1 aliphatic heterocycles. The number of amides is 1. The Labute approximate surface area is 141 Å². The molecule has 4 rings (SSSR count). The molecule has 0 unspecified atom stereocenters. The number of nitrogens with zero attached hydrogens (tertiary/aromatic N) is 2. The number of benzene rings is 2. The van der Waals surface area contributed by atoms with Crippen molar-refractivity contribution >= 4 is 16.8 Å². The molecule has 24 heavy (non-hydrogen) atoms. The number of rotatable bonds is 4. The first kappa shape index (κ1) is 14.8.